The van der Waals surface area contributed by atoms with Crippen LogP contribution in [0.2, 0.25) is 0 Å². The predicted octanol–water partition coefficient (Wildman–Crippen LogP) is 4.84. The Balaban J connectivity index is 3.28. The summed E-state index contributed by atoms with van der Waals surface area (Å²) in [4.78, 5) is 0. The summed E-state index contributed by atoms with van der Waals surface area (Å²) in [5, 5.41) is 0. The Morgan fingerprint density at radius 3 is 1.95 bits per heavy atom. The van der Waals surface area contributed by atoms with Crippen molar-refractivity contribution in [2.75, 3.05) is 13.7 Å². The molecule has 0 fully saturated rings. The van der Waals surface area contributed by atoms with Gasteiger partial charge in [-0.2, -0.15) is 8.42 Å². The van der Waals surface area contributed by atoms with E-state index >= 15 is 0 Å². The summed E-state index contributed by atoms with van der Waals surface area (Å²) in [5.74, 6) is 0.844. The van der Waals surface area contributed by atoms with Gasteiger partial charge < -0.3 is 0 Å². The van der Waals surface area contributed by atoms with Gasteiger partial charge in [0.25, 0.3) is 0 Å². The van der Waals surface area contributed by atoms with Crippen molar-refractivity contribution < 1.29 is 16.8 Å². The Bertz CT molecular complexity index is 314. The Morgan fingerprint density at radius 2 is 1.38 bits per heavy atom. The molecule has 0 aromatic rings. The van der Waals surface area contributed by atoms with Crippen LogP contribution in [-0.4, -0.2) is 22.1 Å². The van der Waals surface area contributed by atoms with Crippen LogP contribution in [0.3, 0.4) is 0 Å². The minimum atomic E-state index is -3.74. The predicted molar refractivity (Wildman–Crippen MR) is 87.5 cm³/mol. The lowest BCUT2D eigenvalue weighted by Gasteiger charge is -2.10. The molecule has 0 aliphatic rings. The molecule has 1 atom stereocenters. The molecule has 0 aromatic carbocycles. The fourth-order valence-electron chi connectivity index (χ4n) is 2.40. The summed E-state index contributed by atoms with van der Waals surface area (Å²) >= 11 is 0. The zero-order valence-corrected chi connectivity index (χ0v) is 14.9. The van der Waals surface area contributed by atoms with Gasteiger partial charge in [-0.15, -0.1) is 0 Å². The molecule has 1 unspecified atom stereocenters. The summed E-state index contributed by atoms with van der Waals surface area (Å²) in [5.41, 5.74) is 0. The molecule has 0 bridgehead atoms. The minimum Gasteiger partial charge on any atom is -0.252 e. The second-order valence-electron chi connectivity index (χ2n) is 5.91. The van der Waals surface area contributed by atoms with Crippen molar-refractivity contribution in [2.45, 2.75) is 84.5 Å². The number of hydrogen-bond acceptors (Lipinski definition) is 4. The van der Waals surface area contributed by atoms with Gasteiger partial charge in [-0.05, 0) is 12.3 Å². The van der Waals surface area contributed by atoms with Gasteiger partial charge in [0.1, 0.15) is 0 Å². The van der Waals surface area contributed by atoms with Crippen LogP contribution in [0, 0.1) is 5.92 Å². The average Bonchev–Trinajstić information content (AvgIpc) is 2.46. The van der Waals surface area contributed by atoms with E-state index in [1.165, 1.54) is 51.4 Å². The molecule has 0 saturated carbocycles. The fraction of sp³-hybridized carbons (Fsp3) is 1.00. The van der Waals surface area contributed by atoms with E-state index in [9.17, 15) is 8.42 Å². The zero-order valence-electron chi connectivity index (χ0n) is 14.1. The van der Waals surface area contributed by atoms with Gasteiger partial charge in [0.2, 0.25) is 0 Å². The Hall–Kier alpha value is -0.130. The standard InChI is InChI=1S/C16H34O4S/c1-4-5-6-10-13-16(2)14-11-8-7-9-12-15-20-21(17,18)19-3/h16H,4-15H2,1-3H3. The highest BCUT2D eigenvalue weighted by molar-refractivity contribution is 7.81. The van der Waals surface area contributed by atoms with Crippen molar-refractivity contribution in [3.63, 3.8) is 0 Å². The van der Waals surface area contributed by atoms with Crippen molar-refractivity contribution in [1.82, 2.24) is 0 Å². The van der Waals surface area contributed by atoms with Gasteiger partial charge in [-0.1, -0.05) is 78.1 Å². The third-order valence-corrected chi connectivity index (χ3v) is 4.69. The van der Waals surface area contributed by atoms with Crippen LogP contribution in [0.25, 0.3) is 0 Å². The topological polar surface area (TPSA) is 52.6 Å². The number of hydrogen-bond donors (Lipinski definition) is 0. The summed E-state index contributed by atoms with van der Waals surface area (Å²) in [6.07, 6.45) is 13.6. The van der Waals surface area contributed by atoms with Crippen molar-refractivity contribution in [3.8, 4) is 0 Å². The molecule has 128 valence electrons. The van der Waals surface area contributed by atoms with Crippen LogP contribution >= 0.6 is 0 Å². The van der Waals surface area contributed by atoms with Gasteiger partial charge >= 0.3 is 10.4 Å². The van der Waals surface area contributed by atoms with Crippen LogP contribution in [0.5, 0.6) is 0 Å². The van der Waals surface area contributed by atoms with Crippen molar-refractivity contribution in [2.24, 2.45) is 5.92 Å². The molecule has 0 aliphatic heterocycles. The van der Waals surface area contributed by atoms with E-state index in [-0.39, 0.29) is 6.61 Å². The third kappa shape index (κ3) is 14.6. The largest absolute Gasteiger partial charge is 0.399 e. The highest BCUT2D eigenvalue weighted by Gasteiger charge is 2.07. The highest BCUT2D eigenvalue weighted by atomic mass is 32.3. The lowest BCUT2D eigenvalue weighted by Crippen LogP contribution is -2.08. The fourth-order valence-corrected chi connectivity index (χ4v) is 2.82. The molecule has 0 radical (unpaired) electrons. The molecular formula is C16H34O4S. The molecular weight excluding hydrogens is 288 g/mol. The molecule has 0 N–H and O–H groups in total. The molecule has 0 heterocycles. The molecule has 0 amide bonds. The molecule has 0 saturated heterocycles. The van der Waals surface area contributed by atoms with Crippen molar-refractivity contribution >= 4 is 10.4 Å². The molecule has 21 heavy (non-hydrogen) atoms. The first-order valence-corrected chi connectivity index (χ1v) is 9.80. The first-order valence-electron chi connectivity index (χ1n) is 8.46. The Labute approximate surface area is 131 Å². The van der Waals surface area contributed by atoms with Gasteiger partial charge in [0, 0.05) is 0 Å². The van der Waals surface area contributed by atoms with Gasteiger partial charge in [-0.25, -0.2) is 4.18 Å². The van der Waals surface area contributed by atoms with Crippen LogP contribution < -0.4 is 0 Å². The van der Waals surface area contributed by atoms with E-state index in [1.54, 1.807) is 0 Å². The minimum absolute atomic E-state index is 0.226. The summed E-state index contributed by atoms with van der Waals surface area (Å²) in [6.45, 7) is 4.83. The van der Waals surface area contributed by atoms with Gasteiger partial charge in [-0.3, -0.25) is 4.18 Å². The van der Waals surface area contributed by atoms with Crippen LogP contribution in [0.15, 0.2) is 0 Å². The SMILES string of the molecule is CCCCCCC(C)CCCCCCCOS(=O)(=O)OC. The van der Waals surface area contributed by atoms with E-state index in [4.69, 9.17) is 0 Å². The quantitative estimate of drug-likeness (QED) is 0.405. The second-order valence-corrected chi connectivity index (χ2v) is 7.29. The monoisotopic (exact) mass is 322 g/mol. The molecule has 0 rings (SSSR count). The Kier molecular flexibility index (Phi) is 13.4. The summed E-state index contributed by atoms with van der Waals surface area (Å²) in [7, 11) is -2.63. The zero-order chi connectivity index (χ0) is 16.0. The molecule has 0 aromatic heterocycles. The second kappa shape index (κ2) is 13.5. The van der Waals surface area contributed by atoms with E-state index < -0.39 is 10.4 Å². The molecule has 4 nitrogen and oxygen atoms in total. The maximum absolute atomic E-state index is 10.9. The van der Waals surface area contributed by atoms with E-state index in [0.29, 0.717) is 0 Å². The normalized spacial score (nSPS) is 13.5. The third-order valence-electron chi connectivity index (χ3n) is 3.82. The summed E-state index contributed by atoms with van der Waals surface area (Å²) < 4.78 is 30.6. The van der Waals surface area contributed by atoms with Gasteiger partial charge in [0.15, 0.2) is 0 Å². The first kappa shape index (κ1) is 20.9. The van der Waals surface area contributed by atoms with Crippen molar-refractivity contribution in [3.05, 3.63) is 0 Å². The van der Waals surface area contributed by atoms with Gasteiger partial charge in [0.05, 0.1) is 13.7 Å². The Morgan fingerprint density at radius 1 is 0.857 bits per heavy atom. The van der Waals surface area contributed by atoms with E-state index in [1.807, 2.05) is 0 Å². The summed E-state index contributed by atoms with van der Waals surface area (Å²) in [6, 6.07) is 0. The average molecular weight is 323 g/mol. The number of unbranched alkanes of at least 4 members (excludes halogenated alkanes) is 7. The lowest BCUT2D eigenvalue weighted by atomic mass is 9.96. The molecule has 5 heteroatoms. The maximum Gasteiger partial charge on any atom is 0.399 e. The molecule has 0 aliphatic carbocycles. The molecule has 0 spiro atoms. The van der Waals surface area contributed by atoms with Crippen LogP contribution in [0.1, 0.15) is 84.5 Å². The number of rotatable bonds is 15. The highest BCUT2D eigenvalue weighted by Crippen LogP contribution is 2.17. The van der Waals surface area contributed by atoms with Crippen molar-refractivity contribution in [1.29, 1.82) is 0 Å². The lowest BCUT2D eigenvalue weighted by molar-refractivity contribution is 0.238. The maximum atomic E-state index is 10.9. The first-order chi connectivity index (χ1) is 10.0. The van der Waals surface area contributed by atoms with E-state index in [2.05, 4.69) is 22.2 Å². The van der Waals surface area contributed by atoms with E-state index in [0.717, 1.165) is 32.3 Å². The van der Waals surface area contributed by atoms with Crippen LogP contribution in [-0.2, 0) is 18.8 Å². The van der Waals surface area contributed by atoms with Crippen LogP contribution in [0.4, 0.5) is 0 Å². The smallest absolute Gasteiger partial charge is 0.252 e.